The lowest BCUT2D eigenvalue weighted by atomic mass is 10.1. The zero-order chi connectivity index (χ0) is 20.8. The Balaban J connectivity index is 1.54. The third-order valence-electron chi connectivity index (χ3n) is 4.94. The lowest BCUT2D eigenvalue weighted by Gasteiger charge is -2.22. The van der Waals surface area contributed by atoms with E-state index in [4.69, 9.17) is 4.42 Å². The molecule has 0 aliphatic rings. The fraction of sp³-hybridized carbons (Fsp3) is 0.208. The van der Waals surface area contributed by atoms with Gasteiger partial charge in [-0.2, -0.15) is 5.10 Å². The fourth-order valence-electron chi connectivity index (χ4n) is 3.30. The molecule has 0 bridgehead atoms. The molecule has 0 radical (unpaired) electrons. The number of carbonyl (C=O) groups excluding carboxylic acids is 1. The first kappa shape index (κ1) is 19.6. The third kappa shape index (κ3) is 4.84. The van der Waals surface area contributed by atoms with Crippen molar-refractivity contribution in [1.29, 1.82) is 0 Å². The Hall–Kier alpha value is -3.67. The van der Waals surface area contributed by atoms with Crippen molar-refractivity contribution in [2.24, 2.45) is 0 Å². The van der Waals surface area contributed by atoms with Crippen molar-refractivity contribution in [3.8, 4) is 0 Å². The molecule has 6 nitrogen and oxygen atoms in total. The summed E-state index contributed by atoms with van der Waals surface area (Å²) < 4.78 is 7.60. The third-order valence-corrected chi connectivity index (χ3v) is 4.94. The number of hydrogen-bond acceptors (Lipinski definition) is 4. The lowest BCUT2D eigenvalue weighted by Crippen LogP contribution is -2.30. The molecule has 0 atom stereocenters. The number of aromatic nitrogens is 3. The molecular formula is C24H24N4O2. The minimum atomic E-state index is -0.148. The van der Waals surface area contributed by atoms with Crippen LogP contribution in [0.25, 0.3) is 0 Å². The van der Waals surface area contributed by atoms with E-state index in [9.17, 15) is 4.79 Å². The molecule has 1 aromatic carbocycles. The summed E-state index contributed by atoms with van der Waals surface area (Å²) in [6.07, 6.45) is 8.08. The average molecular weight is 400 g/mol. The van der Waals surface area contributed by atoms with Gasteiger partial charge >= 0.3 is 0 Å². The molecule has 0 fully saturated rings. The van der Waals surface area contributed by atoms with Gasteiger partial charge in [0.25, 0.3) is 5.91 Å². The largest absolute Gasteiger partial charge is 0.454 e. The van der Waals surface area contributed by atoms with Crippen molar-refractivity contribution < 1.29 is 9.21 Å². The maximum absolute atomic E-state index is 13.3. The maximum atomic E-state index is 13.3. The second-order valence-electron chi connectivity index (χ2n) is 7.16. The van der Waals surface area contributed by atoms with Gasteiger partial charge in [-0.25, -0.2) is 0 Å². The van der Waals surface area contributed by atoms with Crippen LogP contribution < -0.4 is 0 Å². The van der Waals surface area contributed by atoms with Gasteiger partial charge < -0.3 is 9.32 Å². The monoisotopic (exact) mass is 400 g/mol. The van der Waals surface area contributed by atoms with Gasteiger partial charge in [-0.05, 0) is 47.4 Å². The highest BCUT2D eigenvalue weighted by atomic mass is 16.4. The summed E-state index contributed by atoms with van der Waals surface area (Å²) in [6, 6.07) is 17.6. The normalized spacial score (nSPS) is 10.8. The molecule has 4 aromatic rings. The molecule has 3 aromatic heterocycles. The highest BCUT2D eigenvalue weighted by Gasteiger charge is 2.20. The van der Waals surface area contributed by atoms with E-state index in [2.05, 4.69) is 41.3 Å². The molecule has 6 heteroatoms. The predicted octanol–water partition coefficient (Wildman–Crippen LogP) is 4.32. The second kappa shape index (κ2) is 9.22. The Kier molecular flexibility index (Phi) is 6.03. The maximum Gasteiger partial charge on any atom is 0.290 e. The summed E-state index contributed by atoms with van der Waals surface area (Å²) >= 11 is 0. The first-order valence-corrected chi connectivity index (χ1v) is 10.0. The van der Waals surface area contributed by atoms with Gasteiger partial charge in [0.2, 0.25) is 0 Å². The molecule has 152 valence electrons. The van der Waals surface area contributed by atoms with Gasteiger partial charge in [-0.15, -0.1) is 0 Å². The number of pyridine rings is 1. The van der Waals surface area contributed by atoms with Crippen LogP contribution >= 0.6 is 0 Å². The van der Waals surface area contributed by atoms with Crippen LogP contribution in [-0.4, -0.2) is 25.6 Å². The van der Waals surface area contributed by atoms with E-state index in [1.807, 2.05) is 30.5 Å². The molecule has 30 heavy (non-hydrogen) atoms. The summed E-state index contributed by atoms with van der Waals surface area (Å²) in [4.78, 5) is 19.2. The van der Waals surface area contributed by atoms with Crippen molar-refractivity contribution in [3.63, 3.8) is 0 Å². The minimum Gasteiger partial charge on any atom is -0.454 e. The van der Waals surface area contributed by atoms with E-state index in [-0.39, 0.29) is 5.91 Å². The van der Waals surface area contributed by atoms with E-state index < -0.39 is 0 Å². The van der Waals surface area contributed by atoms with Crippen molar-refractivity contribution in [3.05, 3.63) is 108 Å². The predicted molar refractivity (Wildman–Crippen MR) is 114 cm³/mol. The van der Waals surface area contributed by atoms with Crippen molar-refractivity contribution in [2.45, 2.75) is 33.0 Å². The molecule has 3 heterocycles. The summed E-state index contributed by atoms with van der Waals surface area (Å²) in [6.45, 7) is 3.57. The van der Waals surface area contributed by atoms with E-state index in [0.29, 0.717) is 31.2 Å². The first-order valence-electron chi connectivity index (χ1n) is 10.0. The number of amides is 1. The zero-order valence-corrected chi connectivity index (χ0v) is 16.9. The molecule has 0 N–H and O–H groups in total. The summed E-state index contributed by atoms with van der Waals surface area (Å²) in [7, 11) is 0. The zero-order valence-electron chi connectivity index (χ0n) is 16.9. The molecule has 0 aliphatic carbocycles. The lowest BCUT2D eigenvalue weighted by molar-refractivity contribution is 0.0695. The van der Waals surface area contributed by atoms with Crippen LogP contribution in [0.4, 0.5) is 0 Å². The molecule has 0 saturated carbocycles. The van der Waals surface area contributed by atoms with Crippen molar-refractivity contribution >= 4 is 5.91 Å². The van der Waals surface area contributed by atoms with Gasteiger partial charge in [0.05, 0.1) is 6.54 Å². The van der Waals surface area contributed by atoms with Crippen LogP contribution in [0.3, 0.4) is 0 Å². The standard InChI is InChI=1S/C24H24N4O2/c1-2-19-6-8-20(9-7-19)16-27(17-21-5-3-12-25-15-21)24(29)23-11-10-22(30-23)18-28-14-4-13-26-28/h3-15H,2,16-18H2,1H3. The van der Waals surface area contributed by atoms with Gasteiger partial charge in [-0.3, -0.25) is 14.5 Å². The molecule has 0 aliphatic heterocycles. The summed E-state index contributed by atoms with van der Waals surface area (Å²) in [5.41, 5.74) is 3.32. The number of carbonyl (C=O) groups is 1. The number of benzene rings is 1. The van der Waals surface area contributed by atoms with Gasteiger partial charge in [0.15, 0.2) is 5.76 Å². The van der Waals surface area contributed by atoms with E-state index in [1.165, 1.54) is 5.56 Å². The number of furan rings is 1. The van der Waals surface area contributed by atoms with Crippen LogP contribution in [0.2, 0.25) is 0 Å². The van der Waals surface area contributed by atoms with Crippen LogP contribution in [0.5, 0.6) is 0 Å². The van der Waals surface area contributed by atoms with E-state index in [0.717, 1.165) is 17.5 Å². The van der Waals surface area contributed by atoms with Crippen LogP contribution in [0.15, 0.2) is 83.8 Å². The molecule has 4 rings (SSSR count). The minimum absolute atomic E-state index is 0.148. The molecule has 0 saturated heterocycles. The Bertz CT molecular complexity index is 1070. The first-order chi connectivity index (χ1) is 14.7. The smallest absolute Gasteiger partial charge is 0.290 e. The Morgan fingerprint density at radius 1 is 0.967 bits per heavy atom. The van der Waals surface area contributed by atoms with Gasteiger partial charge in [0.1, 0.15) is 5.76 Å². The van der Waals surface area contributed by atoms with Crippen molar-refractivity contribution in [1.82, 2.24) is 19.7 Å². The highest BCUT2D eigenvalue weighted by Crippen LogP contribution is 2.17. The van der Waals surface area contributed by atoms with E-state index >= 15 is 0 Å². The number of aryl methyl sites for hydroxylation is 1. The molecule has 1 amide bonds. The topological polar surface area (TPSA) is 64.2 Å². The van der Waals surface area contributed by atoms with Crippen LogP contribution in [0, 0.1) is 0 Å². The fourth-order valence-corrected chi connectivity index (χ4v) is 3.30. The molecule has 0 unspecified atom stereocenters. The Morgan fingerprint density at radius 3 is 2.47 bits per heavy atom. The van der Waals surface area contributed by atoms with Gasteiger partial charge in [0, 0.05) is 37.9 Å². The quantitative estimate of drug-likeness (QED) is 0.442. The number of rotatable bonds is 8. The Morgan fingerprint density at radius 2 is 1.77 bits per heavy atom. The average Bonchev–Trinajstić information content (AvgIpc) is 3.47. The van der Waals surface area contributed by atoms with Gasteiger partial charge in [-0.1, -0.05) is 37.3 Å². The Labute approximate surface area is 175 Å². The summed E-state index contributed by atoms with van der Waals surface area (Å²) in [5.74, 6) is 0.868. The number of nitrogens with zero attached hydrogens (tertiary/aromatic N) is 4. The van der Waals surface area contributed by atoms with Crippen LogP contribution in [-0.2, 0) is 26.1 Å². The molecule has 0 spiro atoms. The highest BCUT2D eigenvalue weighted by molar-refractivity contribution is 5.91. The second-order valence-corrected chi connectivity index (χ2v) is 7.16. The van der Waals surface area contributed by atoms with Crippen LogP contribution in [0.1, 0.15) is 39.9 Å². The SMILES string of the molecule is CCc1ccc(CN(Cc2cccnc2)C(=O)c2ccc(Cn3cccn3)o2)cc1. The number of hydrogen-bond donors (Lipinski definition) is 0. The van der Waals surface area contributed by atoms with E-state index in [1.54, 1.807) is 34.2 Å². The van der Waals surface area contributed by atoms with Crippen molar-refractivity contribution in [2.75, 3.05) is 0 Å². The molecular weight excluding hydrogens is 376 g/mol. The summed E-state index contributed by atoms with van der Waals surface area (Å²) in [5, 5.41) is 4.18.